The molecule has 3 nitrogen and oxygen atoms in total. The van der Waals surface area contributed by atoms with E-state index in [-0.39, 0.29) is 22.8 Å². The van der Waals surface area contributed by atoms with Gasteiger partial charge in [-0.05, 0) is 31.1 Å². The molecule has 1 amide bonds. The lowest BCUT2D eigenvalue weighted by Gasteiger charge is -2.35. The van der Waals surface area contributed by atoms with E-state index in [4.69, 9.17) is 5.73 Å². The maximum Gasteiger partial charge on any atom is 0.224 e. The second-order valence-corrected chi connectivity index (χ2v) is 6.11. The van der Waals surface area contributed by atoms with Crippen LogP contribution in [-0.4, -0.2) is 18.0 Å². The average molecular weight is 240 g/mol. The zero-order valence-electron chi connectivity index (χ0n) is 11.8. The minimum absolute atomic E-state index is 0.145. The van der Waals surface area contributed by atoms with Crippen molar-refractivity contribution in [1.29, 1.82) is 0 Å². The van der Waals surface area contributed by atoms with Crippen molar-refractivity contribution in [3.05, 3.63) is 0 Å². The molecule has 0 aliphatic heterocycles. The van der Waals surface area contributed by atoms with Gasteiger partial charge >= 0.3 is 0 Å². The number of nitrogens with two attached hydrogens (primary N) is 1. The molecule has 1 saturated carbocycles. The van der Waals surface area contributed by atoms with E-state index < -0.39 is 0 Å². The van der Waals surface area contributed by atoms with Gasteiger partial charge in [-0.3, -0.25) is 4.79 Å². The molecule has 1 fully saturated rings. The molecule has 3 heteroatoms. The molecule has 0 heterocycles. The molecule has 1 aliphatic carbocycles. The highest BCUT2D eigenvalue weighted by molar-refractivity contribution is 5.80. The van der Waals surface area contributed by atoms with E-state index in [0.717, 1.165) is 25.7 Å². The fraction of sp³-hybridized carbons (Fsp3) is 0.929. The third kappa shape index (κ3) is 3.01. The summed E-state index contributed by atoms with van der Waals surface area (Å²) in [7, 11) is 0. The first kappa shape index (κ1) is 14.5. The average Bonchev–Trinajstić information content (AvgIpc) is 2.66. The van der Waals surface area contributed by atoms with Crippen LogP contribution in [0.4, 0.5) is 0 Å². The smallest absolute Gasteiger partial charge is 0.224 e. The second-order valence-electron chi connectivity index (χ2n) is 6.11. The van der Waals surface area contributed by atoms with Crippen LogP contribution in [0.25, 0.3) is 0 Å². The Morgan fingerprint density at radius 2 is 2.00 bits per heavy atom. The summed E-state index contributed by atoms with van der Waals surface area (Å²) in [6.07, 6.45) is 5.14. The molecule has 1 unspecified atom stereocenters. The monoisotopic (exact) mass is 240 g/mol. The molecule has 0 aromatic rings. The molecule has 0 saturated heterocycles. The first-order chi connectivity index (χ1) is 7.90. The largest absolute Gasteiger partial charge is 0.349 e. The van der Waals surface area contributed by atoms with E-state index in [1.54, 1.807) is 0 Å². The minimum Gasteiger partial charge on any atom is -0.349 e. The second kappa shape index (κ2) is 5.38. The fourth-order valence-electron chi connectivity index (χ4n) is 2.93. The molecule has 1 aliphatic rings. The fourth-order valence-corrected chi connectivity index (χ4v) is 2.93. The third-order valence-electron chi connectivity index (χ3n) is 4.71. The van der Waals surface area contributed by atoms with Gasteiger partial charge in [-0.1, -0.05) is 34.1 Å². The van der Waals surface area contributed by atoms with Crippen LogP contribution in [0.5, 0.6) is 0 Å². The molecule has 0 radical (unpaired) electrons. The number of hydrogen-bond donors (Lipinski definition) is 2. The van der Waals surface area contributed by atoms with E-state index in [1.165, 1.54) is 6.42 Å². The number of carbonyl (C=O) groups is 1. The number of hydrogen-bond acceptors (Lipinski definition) is 2. The molecular formula is C14H28N2O. The molecule has 17 heavy (non-hydrogen) atoms. The highest BCUT2D eigenvalue weighted by Gasteiger charge is 2.41. The normalized spacial score (nSPS) is 23.7. The molecule has 0 aromatic carbocycles. The van der Waals surface area contributed by atoms with Crippen LogP contribution in [0.1, 0.15) is 59.8 Å². The lowest BCUT2D eigenvalue weighted by molar-refractivity contribution is -0.129. The highest BCUT2D eigenvalue weighted by atomic mass is 16.2. The SMILES string of the molecule is CCC(CC)(CN)NC(=O)C1CCCC1(C)C. The molecule has 3 N–H and O–H groups in total. The van der Waals surface area contributed by atoms with Gasteiger partial charge in [-0.2, -0.15) is 0 Å². The van der Waals surface area contributed by atoms with Gasteiger partial charge in [0.2, 0.25) is 5.91 Å². The van der Waals surface area contributed by atoms with Crippen LogP contribution < -0.4 is 11.1 Å². The highest BCUT2D eigenvalue weighted by Crippen LogP contribution is 2.42. The minimum atomic E-state index is -0.199. The summed E-state index contributed by atoms with van der Waals surface area (Å²) in [6.45, 7) is 9.12. The topological polar surface area (TPSA) is 55.1 Å². The Balaban J connectivity index is 2.71. The van der Waals surface area contributed by atoms with Crippen molar-refractivity contribution in [3.8, 4) is 0 Å². The van der Waals surface area contributed by atoms with Gasteiger partial charge in [0.25, 0.3) is 0 Å². The van der Waals surface area contributed by atoms with Crippen molar-refractivity contribution in [2.75, 3.05) is 6.54 Å². The predicted octanol–water partition coefficient (Wildman–Crippen LogP) is 2.45. The summed E-state index contributed by atoms with van der Waals surface area (Å²) >= 11 is 0. The van der Waals surface area contributed by atoms with E-state index in [9.17, 15) is 4.79 Å². The summed E-state index contributed by atoms with van der Waals surface area (Å²) in [5.41, 5.74) is 5.77. The van der Waals surface area contributed by atoms with Crippen molar-refractivity contribution in [1.82, 2.24) is 5.32 Å². The Morgan fingerprint density at radius 1 is 1.41 bits per heavy atom. The first-order valence-electron chi connectivity index (χ1n) is 6.93. The zero-order chi connectivity index (χ0) is 13.1. The van der Waals surface area contributed by atoms with Crippen LogP contribution in [0, 0.1) is 11.3 Å². The molecule has 1 atom stereocenters. The van der Waals surface area contributed by atoms with Gasteiger partial charge in [0.05, 0.1) is 5.54 Å². The van der Waals surface area contributed by atoms with Crippen LogP contribution in [0.3, 0.4) is 0 Å². The Hall–Kier alpha value is -0.570. The van der Waals surface area contributed by atoms with E-state index in [1.807, 2.05) is 0 Å². The van der Waals surface area contributed by atoms with Crippen LogP contribution in [-0.2, 0) is 4.79 Å². The predicted molar refractivity (Wildman–Crippen MR) is 71.6 cm³/mol. The maximum absolute atomic E-state index is 12.4. The van der Waals surface area contributed by atoms with Gasteiger partial charge < -0.3 is 11.1 Å². The molecule has 0 spiro atoms. The van der Waals surface area contributed by atoms with Crippen molar-refractivity contribution in [2.45, 2.75) is 65.3 Å². The molecular weight excluding hydrogens is 212 g/mol. The van der Waals surface area contributed by atoms with Crippen molar-refractivity contribution < 1.29 is 4.79 Å². The number of rotatable bonds is 5. The molecule has 100 valence electrons. The Bertz CT molecular complexity index is 261. The Kier molecular flexibility index (Phi) is 4.59. The Labute approximate surface area is 106 Å². The number of carbonyl (C=O) groups excluding carboxylic acids is 1. The lowest BCUT2D eigenvalue weighted by Crippen LogP contribution is -2.55. The summed E-state index contributed by atoms with van der Waals surface area (Å²) in [4.78, 5) is 12.4. The summed E-state index contributed by atoms with van der Waals surface area (Å²) in [6, 6.07) is 0. The molecule has 0 aromatic heterocycles. The van der Waals surface area contributed by atoms with Crippen LogP contribution in [0.2, 0.25) is 0 Å². The molecule has 1 rings (SSSR count). The number of nitrogens with one attached hydrogen (secondary N) is 1. The van der Waals surface area contributed by atoms with Crippen LogP contribution >= 0.6 is 0 Å². The lowest BCUT2D eigenvalue weighted by atomic mass is 9.80. The first-order valence-corrected chi connectivity index (χ1v) is 6.93. The van der Waals surface area contributed by atoms with E-state index >= 15 is 0 Å². The van der Waals surface area contributed by atoms with Crippen molar-refractivity contribution >= 4 is 5.91 Å². The quantitative estimate of drug-likeness (QED) is 0.775. The van der Waals surface area contributed by atoms with Crippen LogP contribution in [0.15, 0.2) is 0 Å². The van der Waals surface area contributed by atoms with Crippen molar-refractivity contribution in [3.63, 3.8) is 0 Å². The summed E-state index contributed by atoms with van der Waals surface area (Å²) in [5, 5.41) is 3.21. The summed E-state index contributed by atoms with van der Waals surface area (Å²) in [5.74, 6) is 0.369. The zero-order valence-corrected chi connectivity index (χ0v) is 11.8. The molecule has 0 bridgehead atoms. The van der Waals surface area contributed by atoms with Crippen molar-refractivity contribution in [2.24, 2.45) is 17.1 Å². The Morgan fingerprint density at radius 3 is 2.35 bits per heavy atom. The van der Waals surface area contributed by atoms with E-state index in [2.05, 4.69) is 33.0 Å². The van der Waals surface area contributed by atoms with Gasteiger partial charge in [0, 0.05) is 12.5 Å². The van der Waals surface area contributed by atoms with Gasteiger partial charge in [-0.15, -0.1) is 0 Å². The van der Waals surface area contributed by atoms with Gasteiger partial charge in [0.1, 0.15) is 0 Å². The number of amides is 1. The van der Waals surface area contributed by atoms with Gasteiger partial charge in [0.15, 0.2) is 0 Å². The summed E-state index contributed by atoms with van der Waals surface area (Å²) < 4.78 is 0. The maximum atomic E-state index is 12.4. The van der Waals surface area contributed by atoms with E-state index in [0.29, 0.717) is 6.54 Å². The standard InChI is InChI=1S/C14H28N2O/c1-5-14(6-2,10-15)16-12(17)11-8-7-9-13(11,3)4/h11H,5-10,15H2,1-4H3,(H,16,17). The van der Waals surface area contributed by atoms with Gasteiger partial charge in [-0.25, -0.2) is 0 Å². The third-order valence-corrected chi connectivity index (χ3v) is 4.71.